The van der Waals surface area contributed by atoms with Gasteiger partial charge in [0.1, 0.15) is 17.2 Å². The van der Waals surface area contributed by atoms with Crippen LogP contribution in [0.3, 0.4) is 0 Å². The van der Waals surface area contributed by atoms with Crippen LogP contribution in [0.1, 0.15) is 35.6 Å². The van der Waals surface area contributed by atoms with Crippen molar-refractivity contribution < 1.29 is 22.7 Å². The van der Waals surface area contributed by atoms with Crippen LogP contribution in [-0.2, 0) is 21.4 Å². The van der Waals surface area contributed by atoms with Crippen LogP contribution in [0.4, 0.5) is 5.69 Å². The number of hydrogen-bond donors (Lipinski definition) is 1. The molecular formula is C19H24N4O5S. The van der Waals surface area contributed by atoms with Gasteiger partial charge in [0.05, 0.1) is 17.1 Å². The molecule has 2 heterocycles. The second kappa shape index (κ2) is 7.96. The van der Waals surface area contributed by atoms with Gasteiger partial charge in [-0.2, -0.15) is 9.40 Å². The number of benzene rings is 1. The molecule has 156 valence electrons. The second-order valence-corrected chi connectivity index (χ2v) is 8.59. The number of nitrogens with one attached hydrogen (secondary N) is 1. The number of aryl methyl sites for hydroxylation is 1. The number of ether oxygens (including phenoxy) is 1. The lowest BCUT2D eigenvalue weighted by Crippen LogP contribution is -2.31. The number of rotatable bonds is 7. The van der Waals surface area contributed by atoms with Crippen molar-refractivity contribution in [3.8, 4) is 5.75 Å². The number of carbonyl (C=O) groups is 2. The first-order chi connectivity index (χ1) is 13.7. The number of nitrogens with zero attached hydrogens (tertiary/aromatic N) is 3. The summed E-state index contributed by atoms with van der Waals surface area (Å²) in [6.45, 7) is 7.34. The number of ketones is 1. The van der Waals surface area contributed by atoms with E-state index >= 15 is 0 Å². The van der Waals surface area contributed by atoms with Gasteiger partial charge in [-0.05, 0) is 32.0 Å². The molecular weight excluding hydrogens is 396 g/mol. The molecule has 1 amide bonds. The largest absolute Gasteiger partial charge is 0.482 e. The molecule has 0 radical (unpaired) electrons. The van der Waals surface area contributed by atoms with E-state index in [-0.39, 0.29) is 29.7 Å². The molecule has 2 aromatic rings. The fourth-order valence-electron chi connectivity index (χ4n) is 3.38. The van der Waals surface area contributed by atoms with E-state index < -0.39 is 10.0 Å². The van der Waals surface area contributed by atoms with Crippen LogP contribution >= 0.6 is 0 Å². The van der Waals surface area contributed by atoms with Crippen molar-refractivity contribution in [2.24, 2.45) is 0 Å². The van der Waals surface area contributed by atoms with E-state index in [1.54, 1.807) is 45.9 Å². The number of sulfonamides is 1. The highest BCUT2D eigenvalue weighted by Crippen LogP contribution is 2.29. The predicted octanol–water partition coefficient (Wildman–Crippen LogP) is 1.74. The standard InChI is InChI=1S/C19H24N4O5S/c1-5-22(6-2)29(26,27)19-12(3)21-23(13(19)4)10-16(24)14-7-8-17-15(9-14)20-18(25)11-28-17/h7-9H,5-6,10-11H2,1-4H3,(H,20,25). The molecule has 1 aromatic heterocycles. The highest BCUT2D eigenvalue weighted by molar-refractivity contribution is 7.89. The molecule has 0 aliphatic carbocycles. The SMILES string of the molecule is CCN(CC)S(=O)(=O)c1c(C)nn(CC(=O)c2ccc3c(c2)NC(=O)CO3)c1C. The minimum Gasteiger partial charge on any atom is -0.482 e. The summed E-state index contributed by atoms with van der Waals surface area (Å²) < 4.78 is 33.9. The second-order valence-electron chi connectivity index (χ2n) is 6.72. The lowest BCUT2D eigenvalue weighted by Gasteiger charge is -2.19. The van der Waals surface area contributed by atoms with Crippen molar-refractivity contribution in [1.82, 2.24) is 14.1 Å². The zero-order valence-corrected chi connectivity index (χ0v) is 17.7. The first kappa shape index (κ1) is 21.0. The van der Waals surface area contributed by atoms with Crippen molar-refractivity contribution >= 4 is 27.4 Å². The summed E-state index contributed by atoms with van der Waals surface area (Å²) in [5.74, 6) is -0.0447. The molecule has 1 aliphatic heterocycles. The maximum atomic E-state index is 12.9. The Morgan fingerprint density at radius 2 is 1.97 bits per heavy atom. The monoisotopic (exact) mass is 420 g/mol. The van der Waals surface area contributed by atoms with E-state index in [1.807, 2.05) is 0 Å². The predicted molar refractivity (Wildman–Crippen MR) is 107 cm³/mol. The normalized spacial score (nSPS) is 13.8. The van der Waals surface area contributed by atoms with Gasteiger partial charge in [-0.15, -0.1) is 0 Å². The molecule has 3 rings (SSSR count). The summed E-state index contributed by atoms with van der Waals surface area (Å²) in [5.41, 5.74) is 1.58. The first-order valence-corrected chi connectivity index (χ1v) is 10.8. The van der Waals surface area contributed by atoms with Gasteiger partial charge in [0.25, 0.3) is 5.91 Å². The summed E-state index contributed by atoms with van der Waals surface area (Å²) in [4.78, 5) is 24.4. The Bertz CT molecular complexity index is 1070. The zero-order valence-electron chi connectivity index (χ0n) is 16.9. The van der Waals surface area contributed by atoms with Crippen LogP contribution in [0.5, 0.6) is 5.75 Å². The molecule has 0 bridgehead atoms. The van der Waals surface area contributed by atoms with E-state index in [4.69, 9.17) is 4.74 Å². The zero-order chi connectivity index (χ0) is 21.3. The molecule has 0 saturated carbocycles. The Morgan fingerprint density at radius 1 is 1.28 bits per heavy atom. The third-order valence-corrected chi connectivity index (χ3v) is 7.15. The van der Waals surface area contributed by atoms with Crippen LogP contribution < -0.4 is 10.1 Å². The van der Waals surface area contributed by atoms with Gasteiger partial charge < -0.3 is 10.1 Å². The number of carbonyl (C=O) groups excluding carboxylic acids is 2. The van der Waals surface area contributed by atoms with E-state index in [0.717, 1.165) is 0 Å². The van der Waals surface area contributed by atoms with Gasteiger partial charge >= 0.3 is 0 Å². The van der Waals surface area contributed by atoms with Crippen molar-refractivity contribution in [3.63, 3.8) is 0 Å². The van der Waals surface area contributed by atoms with Gasteiger partial charge in [-0.25, -0.2) is 8.42 Å². The molecule has 9 nitrogen and oxygen atoms in total. The summed E-state index contributed by atoms with van der Waals surface area (Å²) in [6.07, 6.45) is 0. The van der Waals surface area contributed by atoms with Crippen molar-refractivity contribution in [1.29, 1.82) is 0 Å². The fourth-order valence-corrected chi connectivity index (χ4v) is 5.22. The molecule has 0 saturated heterocycles. The number of Topliss-reactive ketones (excluding diaryl/α,β-unsaturated/α-hetero) is 1. The lowest BCUT2D eigenvalue weighted by molar-refractivity contribution is -0.118. The van der Waals surface area contributed by atoms with E-state index in [2.05, 4.69) is 10.4 Å². The molecule has 0 atom stereocenters. The summed E-state index contributed by atoms with van der Waals surface area (Å²) >= 11 is 0. The van der Waals surface area contributed by atoms with Gasteiger partial charge in [0.2, 0.25) is 10.0 Å². The highest BCUT2D eigenvalue weighted by Gasteiger charge is 2.29. The molecule has 0 spiro atoms. The topological polar surface area (TPSA) is 111 Å². The number of fused-ring (bicyclic) bond motifs is 1. The minimum atomic E-state index is -3.69. The van der Waals surface area contributed by atoms with Gasteiger partial charge in [0.15, 0.2) is 12.4 Å². The maximum absolute atomic E-state index is 12.9. The number of aromatic nitrogens is 2. The fraction of sp³-hybridized carbons (Fsp3) is 0.421. The highest BCUT2D eigenvalue weighted by atomic mass is 32.2. The smallest absolute Gasteiger partial charge is 0.262 e. The molecule has 29 heavy (non-hydrogen) atoms. The quantitative estimate of drug-likeness (QED) is 0.683. The van der Waals surface area contributed by atoms with Crippen LogP contribution in [0.25, 0.3) is 0 Å². The average Bonchev–Trinajstić information content (AvgIpc) is 2.95. The number of hydrogen-bond acceptors (Lipinski definition) is 6. The third kappa shape index (κ3) is 3.90. The molecule has 1 aliphatic rings. The molecule has 0 unspecified atom stereocenters. The average molecular weight is 420 g/mol. The Hall–Kier alpha value is -2.72. The molecule has 1 aromatic carbocycles. The molecule has 1 N–H and O–H groups in total. The molecule has 10 heteroatoms. The van der Waals surface area contributed by atoms with Crippen LogP contribution in [0, 0.1) is 13.8 Å². The van der Waals surface area contributed by atoms with Gasteiger partial charge in [-0.3, -0.25) is 14.3 Å². The van der Waals surface area contributed by atoms with Crippen LogP contribution in [-0.4, -0.2) is 53.9 Å². The number of amides is 1. The Balaban J connectivity index is 1.89. The van der Waals surface area contributed by atoms with Crippen molar-refractivity contribution in [2.45, 2.75) is 39.1 Å². The number of anilines is 1. The Labute approximate surface area is 169 Å². The summed E-state index contributed by atoms with van der Waals surface area (Å²) in [6, 6.07) is 4.78. The van der Waals surface area contributed by atoms with Gasteiger partial charge in [-0.1, -0.05) is 13.8 Å². The van der Waals surface area contributed by atoms with Crippen LogP contribution in [0.2, 0.25) is 0 Å². The third-order valence-electron chi connectivity index (χ3n) is 4.85. The summed E-state index contributed by atoms with van der Waals surface area (Å²) in [7, 11) is -3.69. The molecule has 0 fully saturated rings. The minimum absolute atomic E-state index is 0.0597. The lowest BCUT2D eigenvalue weighted by atomic mass is 10.1. The van der Waals surface area contributed by atoms with Crippen molar-refractivity contribution in [3.05, 3.63) is 35.2 Å². The Kier molecular flexibility index (Phi) is 5.76. The maximum Gasteiger partial charge on any atom is 0.262 e. The van der Waals surface area contributed by atoms with Crippen molar-refractivity contribution in [2.75, 3.05) is 25.0 Å². The van der Waals surface area contributed by atoms with E-state index in [1.165, 1.54) is 8.99 Å². The first-order valence-electron chi connectivity index (χ1n) is 9.33. The van der Waals surface area contributed by atoms with E-state index in [9.17, 15) is 18.0 Å². The summed E-state index contributed by atoms with van der Waals surface area (Å²) in [5, 5.41) is 6.95. The Morgan fingerprint density at radius 3 is 2.62 bits per heavy atom. The van der Waals surface area contributed by atoms with Crippen LogP contribution in [0.15, 0.2) is 23.1 Å². The van der Waals surface area contributed by atoms with Gasteiger partial charge in [0, 0.05) is 18.7 Å². The van der Waals surface area contributed by atoms with E-state index in [0.29, 0.717) is 41.5 Å².